The highest BCUT2D eigenvalue weighted by atomic mass is 16.5. The fraction of sp³-hybridized carbons (Fsp3) is 0.588. The molecule has 1 aromatic carbocycles. The first-order valence-electron chi connectivity index (χ1n) is 7.93. The fourth-order valence-corrected chi connectivity index (χ4v) is 2.54. The molecule has 21 heavy (non-hydrogen) atoms. The SMILES string of the molecule is CC(C)Oc1ccc(NCCC(=O)N2CCCCC2)cc1. The summed E-state index contributed by atoms with van der Waals surface area (Å²) in [5.41, 5.74) is 1.03. The first-order chi connectivity index (χ1) is 10.1. The Morgan fingerprint density at radius 2 is 1.86 bits per heavy atom. The maximum absolute atomic E-state index is 12.0. The van der Waals surface area contributed by atoms with Gasteiger partial charge in [-0.1, -0.05) is 0 Å². The Kier molecular flexibility index (Phi) is 5.90. The number of hydrogen-bond acceptors (Lipinski definition) is 3. The molecule has 1 N–H and O–H groups in total. The third-order valence-electron chi connectivity index (χ3n) is 3.60. The predicted octanol–water partition coefficient (Wildman–Crippen LogP) is 3.29. The number of piperidine rings is 1. The van der Waals surface area contributed by atoms with E-state index in [1.165, 1.54) is 6.42 Å². The van der Waals surface area contributed by atoms with E-state index in [1.54, 1.807) is 0 Å². The van der Waals surface area contributed by atoms with Gasteiger partial charge < -0.3 is 15.0 Å². The molecule has 0 unspecified atom stereocenters. The highest BCUT2D eigenvalue weighted by molar-refractivity contribution is 5.76. The molecule has 0 bridgehead atoms. The topological polar surface area (TPSA) is 41.6 Å². The Balaban J connectivity index is 1.71. The monoisotopic (exact) mass is 290 g/mol. The smallest absolute Gasteiger partial charge is 0.224 e. The van der Waals surface area contributed by atoms with Gasteiger partial charge in [-0.05, 0) is 57.4 Å². The lowest BCUT2D eigenvalue weighted by atomic mass is 10.1. The normalized spacial score (nSPS) is 15.1. The molecule has 4 nitrogen and oxygen atoms in total. The second-order valence-electron chi connectivity index (χ2n) is 5.81. The summed E-state index contributed by atoms with van der Waals surface area (Å²) < 4.78 is 5.60. The minimum atomic E-state index is 0.186. The van der Waals surface area contributed by atoms with Gasteiger partial charge in [0.15, 0.2) is 0 Å². The van der Waals surface area contributed by atoms with Gasteiger partial charge in [-0.3, -0.25) is 4.79 Å². The molecule has 116 valence electrons. The van der Waals surface area contributed by atoms with Crippen molar-refractivity contribution in [1.29, 1.82) is 0 Å². The van der Waals surface area contributed by atoms with Crippen molar-refractivity contribution in [3.05, 3.63) is 24.3 Å². The van der Waals surface area contributed by atoms with Gasteiger partial charge in [0.05, 0.1) is 6.10 Å². The van der Waals surface area contributed by atoms with Crippen LogP contribution in [0.15, 0.2) is 24.3 Å². The lowest BCUT2D eigenvalue weighted by Gasteiger charge is -2.26. The predicted molar refractivity (Wildman–Crippen MR) is 85.7 cm³/mol. The Morgan fingerprint density at radius 3 is 2.48 bits per heavy atom. The molecule has 0 aliphatic carbocycles. The van der Waals surface area contributed by atoms with Crippen molar-refractivity contribution in [2.75, 3.05) is 25.0 Å². The van der Waals surface area contributed by atoms with Crippen LogP contribution in [0.3, 0.4) is 0 Å². The number of ether oxygens (including phenoxy) is 1. The third-order valence-corrected chi connectivity index (χ3v) is 3.60. The number of hydrogen-bond donors (Lipinski definition) is 1. The maximum Gasteiger partial charge on any atom is 0.224 e. The van der Waals surface area contributed by atoms with E-state index in [0.29, 0.717) is 13.0 Å². The summed E-state index contributed by atoms with van der Waals surface area (Å²) in [5, 5.41) is 3.29. The van der Waals surface area contributed by atoms with Crippen LogP contribution in [0.2, 0.25) is 0 Å². The van der Waals surface area contributed by atoms with Crippen LogP contribution in [0, 0.1) is 0 Å². The van der Waals surface area contributed by atoms with Crippen LogP contribution in [-0.4, -0.2) is 36.5 Å². The van der Waals surface area contributed by atoms with Gasteiger partial charge >= 0.3 is 0 Å². The fourth-order valence-electron chi connectivity index (χ4n) is 2.54. The van der Waals surface area contributed by atoms with Crippen LogP contribution in [0.1, 0.15) is 39.5 Å². The van der Waals surface area contributed by atoms with Crippen molar-refractivity contribution in [1.82, 2.24) is 4.90 Å². The van der Waals surface area contributed by atoms with Crippen LogP contribution in [-0.2, 0) is 4.79 Å². The number of nitrogens with one attached hydrogen (secondary N) is 1. The van der Waals surface area contributed by atoms with Gasteiger partial charge in [-0.15, -0.1) is 0 Å². The Labute approximate surface area is 127 Å². The zero-order valence-corrected chi connectivity index (χ0v) is 13.1. The van der Waals surface area contributed by atoms with E-state index in [9.17, 15) is 4.79 Å². The average molecular weight is 290 g/mol. The standard InChI is InChI=1S/C17H26N2O2/c1-14(2)21-16-8-6-15(7-9-16)18-11-10-17(20)19-12-4-3-5-13-19/h6-9,14,18H,3-5,10-13H2,1-2H3. The third kappa shape index (κ3) is 5.29. The van der Waals surface area contributed by atoms with E-state index in [-0.39, 0.29) is 12.0 Å². The van der Waals surface area contributed by atoms with Gasteiger partial charge in [-0.25, -0.2) is 0 Å². The summed E-state index contributed by atoms with van der Waals surface area (Å²) in [4.78, 5) is 14.0. The first-order valence-corrected chi connectivity index (χ1v) is 7.93. The number of likely N-dealkylation sites (tertiary alicyclic amines) is 1. The highest BCUT2D eigenvalue weighted by Gasteiger charge is 2.15. The van der Waals surface area contributed by atoms with Crippen LogP contribution < -0.4 is 10.1 Å². The van der Waals surface area contributed by atoms with E-state index in [2.05, 4.69) is 5.32 Å². The summed E-state index contributed by atoms with van der Waals surface area (Å²) in [7, 11) is 0. The molecule has 1 aliphatic rings. The lowest BCUT2D eigenvalue weighted by molar-refractivity contribution is -0.131. The van der Waals surface area contributed by atoms with Crippen molar-refractivity contribution in [2.45, 2.75) is 45.6 Å². The summed E-state index contributed by atoms with van der Waals surface area (Å²) in [5.74, 6) is 1.14. The molecule has 1 amide bonds. The van der Waals surface area contributed by atoms with Crippen LogP contribution in [0.4, 0.5) is 5.69 Å². The van der Waals surface area contributed by atoms with E-state index in [1.807, 2.05) is 43.0 Å². The Morgan fingerprint density at radius 1 is 1.19 bits per heavy atom. The van der Waals surface area contributed by atoms with Crippen molar-refractivity contribution in [3.8, 4) is 5.75 Å². The molecule has 1 heterocycles. The second kappa shape index (κ2) is 7.91. The molecule has 0 atom stereocenters. The number of carbonyl (C=O) groups excluding carboxylic acids is 1. The maximum atomic E-state index is 12.0. The van der Waals surface area contributed by atoms with Crippen molar-refractivity contribution >= 4 is 11.6 Å². The molecule has 4 heteroatoms. The molecule has 0 saturated carbocycles. The molecule has 1 saturated heterocycles. The molecule has 0 spiro atoms. The quantitative estimate of drug-likeness (QED) is 0.874. The highest BCUT2D eigenvalue weighted by Crippen LogP contribution is 2.17. The minimum Gasteiger partial charge on any atom is -0.491 e. The van der Waals surface area contributed by atoms with Crippen LogP contribution in [0.5, 0.6) is 5.75 Å². The van der Waals surface area contributed by atoms with E-state index >= 15 is 0 Å². The largest absolute Gasteiger partial charge is 0.491 e. The van der Waals surface area contributed by atoms with Gasteiger partial charge in [0, 0.05) is 31.7 Å². The molecule has 2 rings (SSSR count). The van der Waals surface area contributed by atoms with E-state index in [4.69, 9.17) is 4.74 Å². The lowest BCUT2D eigenvalue weighted by Crippen LogP contribution is -2.36. The van der Waals surface area contributed by atoms with Gasteiger partial charge in [0.1, 0.15) is 5.75 Å². The summed E-state index contributed by atoms with van der Waals surface area (Å²) in [6.45, 7) is 6.57. The summed E-state index contributed by atoms with van der Waals surface area (Å²) in [6, 6.07) is 7.88. The molecule has 0 aromatic heterocycles. The first kappa shape index (κ1) is 15.7. The molecule has 0 radical (unpaired) electrons. The number of benzene rings is 1. The van der Waals surface area contributed by atoms with Crippen LogP contribution in [0.25, 0.3) is 0 Å². The van der Waals surface area contributed by atoms with Gasteiger partial charge in [0.2, 0.25) is 5.91 Å². The van der Waals surface area contributed by atoms with E-state index in [0.717, 1.165) is 37.4 Å². The molecular weight excluding hydrogens is 264 g/mol. The zero-order chi connectivity index (χ0) is 15.1. The van der Waals surface area contributed by atoms with Crippen molar-refractivity contribution < 1.29 is 9.53 Å². The molecule has 1 aliphatic heterocycles. The van der Waals surface area contributed by atoms with Gasteiger partial charge in [0.25, 0.3) is 0 Å². The minimum absolute atomic E-state index is 0.186. The summed E-state index contributed by atoms with van der Waals surface area (Å²) in [6.07, 6.45) is 4.30. The van der Waals surface area contributed by atoms with Crippen molar-refractivity contribution in [3.63, 3.8) is 0 Å². The van der Waals surface area contributed by atoms with Gasteiger partial charge in [-0.2, -0.15) is 0 Å². The number of anilines is 1. The molecule has 1 aromatic rings. The number of amides is 1. The second-order valence-corrected chi connectivity index (χ2v) is 5.81. The molecule has 1 fully saturated rings. The Bertz CT molecular complexity index is 437. The molecular formula is C17H26N2O2. The number of nitrogens with zero attached hydrogens (tertiary/aromatic N) is 1. The number of carbonyl (C=O) groups is 1. The van der Waals surface area contributed by atoms with Crippen molar-refractivity contribution in [2.24, 2.45) is 0 Å². The Hall–Kier alpha value is -1.71. The zero-order valence-electron chi connectivity index (χ0n) is 13.1. The average Bonchev–Trinajstić information content (AvgIpc) is 2.49. The number of rotatable bonds is 6. The van der Waals surface area contributed by atoms with Crippen LogP contribution >= 0.6 is 0 Å². The van der Waals surface area contributed by atoms with E-state index < -0.39 is 0 Å². The summed E-state index contributed by atoms with van der Waals surface area (Å²) >= 11 is 0.